The number of ether oxygens (including phenoxy) is 4. The van der Waals surface area contributed by atoms with E-state index < -0.39 is 0 Å². The van der Waals surface area contributed by atoms with E-state index in [0.29, 0.717) is 52.1 Å². The van der Waals surface area contributed by atoms with E-state index in [-0.39, 0.29) is 0 Å². The number of fused-ring (bicyclic) bond motifs is 8. The van der Waals surface area contributed by atoms with Crippen molar-refractivity contribution in [3.8, 4) is 23.0 Å². The molecule has 0 N–H and O–H groups in total. The molecule has 0 radical (unpaired) electrons. The van der Waals surface area contributed by atoms with Gasteiger partial charge in [0.1, 0.15) is 23.0 Å². The van der Waals surface area contributed by atoms with Gasteiger partial charge in [0.25, 0.3) is 0 Å². The molecule has 0 unspecified atom stereocenters. The molecule has 1 aliphatic rings. The molecule has 280 valence electrons. The third-order valence-electron chi connectivity index (χ3n) is 9.33. The van der Waals surface area contributed by atoms with Crippen molar-refractivity contribution >= 4 is 63.7 Å². The Morgan fingerprint density at radius 3 is 0.673 bits per heavy atom. The van der Waals surface area contributed by atoms with Crippen LogP contribution >= 0.6 is 63.7 Å². The molecule has 1 aliphatic carbocycles. The third-order valence-corrected chi connectivity index (χ3v) is 11.2. The normalized spacial score (nSPS) is 12.5. The Kier molecular flexibility index (Phi) is 16.3. The monoisotopic (exact) mass is 960 g/mol. The lowest BCUT2D eigenvalue weighted by Gasteiger charge is -2.24. The van der Waals surface area contributed by atoms with Crippen molar-refractivity contribution in [3.05, 3.63) is 111 Å². The molecule has 0 fully saturated rings. The predicted octanol–water partition coefficient (Wildman–Crippen LogP) is 14.1. The number of hydrogen-bond donors (Lipinski definition) is 0. The topological polar surface area (TPSA) is 36.9 Å². The van der Waals surface area contributed by atoms with Crippen molar-refractivity contribution < 1.29 is 18.9 Å². The molecular formula is C44H52Br4O4. The number of unbranched alkanes of at least 4 members (excludes halogenated alkanes) is 4. The third kappa shape index (κ3) is 11.0. The maximum atomic E-state index is 6.75. The average Bonchev–Trinajstić information content (AvgIpc) is 3.09. The molecule has 0 aromatic heterocycles. The Bertz CT molecular complexity index is 1450. The van der Waals surface area contributed by atoms with Crippen LogP contribution in [-0.2, 0) is 25.7 Å². The zero-order chi connectivity index (χ0) is 37.0. The van der Waals surface area contributed by atoms with E-state index in [4.69, 9.17) is 18.9 Å². The van der Waals surface area contributed by atoms with Gasteiger partial charge in [-0.1, -0.05) is 117 Å². The molecule has 0 heterocycles. The molecule has 5 rings (SSSR count). The Balaban J connectivity index is 1.81. The van der Waals surface area contributed by atoms with Crippen LogP contribution in [0, 0.1) is 0 Å². The summed E-state index contributed by atoms with van der Waals surface area (Å²) in [6, 6.07) is 17.7. The van der Waals surface area contributed by atoms with E-state index in [1.165, 1.54) is 0 Å². The summed E-state index contributed by atoms with van der Waals surface area (Å²) in [6.45, 7) is 11.5. The van der Waals surface area contributed by atoms with Crippen LogP contribution < -0.4 is 18.9 Å². The van der Waals surface area contributed by atoms with Crippen LogP contribution in [0.25, 0.3) is 0 Å². The highest BCUT2D eigenvalue weighted by atomic mass is 79.9. The number of halogens is 4. The molecule has 0 spiro atoms. The Hall–Kier alpha value is -2.00. The molecule has 4 aromatic rings. The smallest absolute Gasteiger partial charge is 0.126 e. The number of rotatable bonds is 16. The summed E-state index contributed by atoms with van der Waals surface area (Å²) in [5.74, 6) is 3.80. The van der Waals surface area contributed by atoms with E-state index in [0.717, 1.165) is 137 Å². The molecule has 0 saturated heterocycles. The summed E-state index contributed by atoms with van der Waals surface area (Å²) in [5, 5.41) is 0. The minimum atomic E-state index is 0.662. The summed E-state index contributed by atoms with van der Waals surface area (Å²) in [6.07, 6.45) is 10.9. The molecule has 4 nitrogen and oxygen atoms in total. The molecule has 8 bridgehead atoms. The number of benzene rings is 4. The summed E-state index contributed by atoms with van der Waals surface area (Å²) in [7, 11) is 0. The van der Waals surface area contributed by atoms with Crippen molar-refractivity contribution in [2.45, 2.75) is 105 Å². The van der Waals surface area contributed by atoms with Crippen molar-refractivity contribution in [2.24, 2.45) is 0 Å². The molecular weight excluding hydrogens is 912 g/mol. The summed E-state index contributed by atoms with van der Waals surface area (Å²) < 4.78 is 31.1. The van der Waals surface area contributed by atoms with Crippen LogP contribution in [0.3, 0.4) is 0 Å². The lowest BCUT2D eigenvalue weighted by molar-refractivity contribution is 0.297. The first-order valence-electron chi connectivity index (χ1n) is 19.0. The molecule has 52 heavy (non-hydrogen) atoms. The van der Waals surface area contributed by atoms with Gasteiger partial charge in [0.05, 0.1) is 26.4 Å². The van der Waals surface area contributed by atoms with Gasteiger partial charge in [0.2, 0.25) is 0 Å². The van der Waals surface area contributed by atoms with Gasteiger partial charge < -0.3 is 18.9 Å². The van der Waals surface area contributed by atoms with Crippen LogP contribution in [0.4, 0.5) is 0 Å². The average molecular weight is 965 g/mol. The van der Waals surface area contributed by atoms with Crippen LogP contribution in [0.5, 0.6) is 23.0 Å². The Morgan fingerprint density at radius 2 is 0.519 bits per heavy atom. The molecule has 0 saturated carbocycles. The largest absolute Gasteiger partial charge is 0.493 e. The minimum absolute atomic E-state index is 0.662. The predicted molar refractivity (Wildman–Crippen MR) is 229 cm³/mol. The highest BCUT2D eigenvalue weighted by Gasteiger charge is 2.24. The van der Waals surface area contributed by atoms with Crippen molar-refractivity contribution in [2.75, 3.05) is 26.4 Å². The second-order valence-electron chi connectivity index (χ2n) is 13.7. The van der Waals surface area contributed by atoms with Crippen LogP contribution in [-0.4, -0.2) is 26.4 Å². The van der Waals surface area contributed by atoms with Crippen LogP contribution in [0.1, 0.15) is 124 Å². The van der Waals surface area contributed by atoms with E-state index in [1.807, 2.05) is 0 Å². The fourth-order valence-electron chi connectivity index (χ4n) is 6.73. The first-order valence-corrected chi connectivity index (χ1v) is 22.2. The van der Waals surface area contributed by atoms with E-state index in [2.05, 4.69) is 140 Å². The first kappa shape index (κ1) is 41.2. The highest BCUT2D eigenvalue weighted by Crippen LogP contribution is 2.42. The molecule has 8 heteroatoms. The standard InChI is InChI=1S/C44H52Br4O4/c1-5-9-13-49-41-29-17-31-23-38(46)25-33(42(31)50-14-10-6-2)19-35-27-40(48)28-36(44(35)52-16-12-8-4)20-34-26-39(47)24-32(43(34)51-15-11-7-3)18-30(41)22-37(45)21-29/h21-28H,5-20H2,1-4H3. The summed E-state index contributed by atoms with van der Waals surface area (Å²) in [4.78, 5) is 0. The van der Waals surface area contributed by atoms with Crippen molar-refractivity contribution in [3.63, 3.8) is 0 Å². The van der Waals surface area contributed by atoms with Crippen LogP contribution in [0.15, 0.2) is 66.4 Å². The Labute approximate surface area is 345 Å². The second kappa shape index (κ2) is 20.6. The maximum absolute atomic E-state index is 6.75. The zero-order valence-electron chi connectivity index (χ0n) is 31.1. The lowest BCUT2D eigenvalue weighted by atomic mass is 9.91. The van der Waals surface area contributed by atoms with Gasteiger partial charge in [-0.3, -0.25) is 0 Å². The van der Waals surface area contributed by atoms with Gasteiger partial charge in [0, 0.05) is 88.1 Å². The van der Waals surface area contributed by atoms with Gasteiger partial charge in [-0.15, -0.1) is 0 Å². The molecule has 0 aliphatic heterocycles. The fraction of sp³-hybridized carbons (Fsp3) is 0.455. The van der Waals surface area contributed by atoms with Gasteiger partial charge in [-0.2, -0.15) is 0 Å². The van der Waals surface area contributed by atoms with Gasteiger partial charge >= 0.3 is 0 Å². The van der Waals surface area contributed by atoms with Crippen molar-refractivity contribution in [1.82, 2.24) is 0 Å². The van der Waals surface area contributed by atoms with Gasteiger partial charge in [-0.05, 0) is 74.2 Å². The molecule has 0 amide bonds. The lowest BCUT2D eigenvalue weighted by Crippen LogP contribution is -2.11. The SMILES string of the molecule is CCCCOc1c2cc(Br)cc1Cc1cc(Br)cc(c1OCCCC)Cc1cc(Br)cc(c1OCCCC)Cc1cc(Br)cc(c1OCCCC)C2. The minimum Gasteiger partial charge on any atom is -0.493 e. The Morgan fingerprint density at radius 1 is 0.346 bits per heavy atom. The zero-order valence-corrected chi connectivity index (χ0v) is 37.4. The molecule has 0 atom stereocenters. The van der Waals surface area contributed by atoms with Gasteiger partial charge in [0.15, 0.2) is 0 Å². The second-order valence-corrected chi connectivity index (χ2v) is 17.4. The fourth-order valence-corrected chi connectivity index (χ4v) is 8.95. The number of hydrogen-bond acceptors (Lipinski definition) is 4. The van der Waals surface area contributed by atoms with Gasteiger partial charge in [-0.25, -0.2) is 0 Å². The van der Waals surface area contributed by atoms with Crippen LogP contribution in [0.2, 0.25) is 0 Å². The van der Waals surface area contributed by atoms with E-state index in [1.54, 1.807) is 0 Å². The first-order chi connectivity index (χ1) is 25.2. The van der Waals surface area contributed by atoms with Crippen molar-refractivity contribution in [1.29, 1.82) is 0 Å². The van der Waals surface area contributed by atoms with E-state index >= 15 is 0 Å². The quantitative estimate of drug-likeness (QED) is 0.0924. The van der Waals surface area contributed by atoms with E-state index in [9.17, 15) is 0 Å². The summed E-state index contributed by atoms with van der Waals surface area (Å²) in [5.41, 5.74) is 9.07. The summed E-state index contributed by atoms with van der Waals surface area (Å²) >= 11 is 15.6. The molecule has 4 aromatic carbocycles. The highest BCUT2D eigenvalue weighted by molar-refractivity contribution is 9.11. The maximum Gasteiger partial charge on any atom is 0.126 e.